The molecule has 0 aromatic heterocycles. The van der Waals surface area contributed by atoms with Gasteiger partial charge in [-0.1, -0.05) is 51.8 Å². The average Bonchev–Trinajstić information content (AvgIpc) is 2.72. The summed E-state index contributed by atoms with van der Waals surface area (Å²) in [6.07, 6.45) is 0.270. The van der Waals surface area contributed by atoms with E-state index < -0.39 is 0 Å². The van der Waals surface area contributed by atoms with Crippen molar-refractivity contribution in [3.05, 3.63) is 97.7 Å². The molecule has 0 saturated heterocycles. The molecule has 3 nitrogen and oxygen atoms in total. The number of benzene rings is 3. The van der Waals surface area contributed by atoms with Gasteiger partial charge in [0.05, 0.1) is 4.47 Å². The van der Waals surface area contributed by atoms with E-state index in [-0.39, 0.29) is 23.8 Å². The number of aryl methyl sites for hydroxylation is 1. The molecule has 0 radical (unpaired) electrons. The molecule has 3 aromatic rings. The number of phenols is 1. The van der Waals surface area contributed by atoms with Crippen LogP contribution in [0.1, 0.15) is 40.9 Å². The van der Waals surface area contributed by atoms with Crippen molar-refractivity contribution in [2.45, 2.75) is 25.6 Å². The van der Waals surface area contributed by atoms with Crippen LogP contribution < -0.4 is 5.32 Å². The molecule has 0 amide bonds. The lowest BCUT2D eigenvalue weighted by Crippen LogP contribution is -2.33. The van der Waals surface area contributed by atoms with Gasteiger partial charge < -0.3 is 5.11 Å². The first-order valence-electron chi connectivity index (χ1n) is 9.24. The molecule has 2 N–H and O–H groups in total. The zero-order chi connectivity index (χ0) is 20.5. The Labute approximate surface area is 186 Å². The van der Waals surface area contributed by atoms with Crippen molar-refractivity contribution in [2.75, 3.05) is 0 Å². The van der Waals surface area contributed by atoms with Crippen molar-refractivity contribution >= 4 is 37.6 Å². The summed E-state index contributed by atoms with van der Waals surface area (Å²) in [5, 5.41) is 14.0. The second-order valence-electron chi connectivity index (χ2n) is 7.14. The van der Waals surface area contributed by atoms with Crippen LogP contribution in [0.4, 0.5) is 4.39 Å². The fourth-order valence-corrected chi connectivity index (χ4v) is 4.26. The molecule has 3 aromatic carbocycles. The summed E-state index contributed by atoms with van der Waals surface area (Å²) in [6, 6.07) is 18.4. The Bertz CT molecular complexity index is 1080. The molecule has 0 aliphatic carbocycles. The Morgan fingerprint density at radius 3 is 2.52 bits per heavy atom. The first kappa shape index (κ1) is 20.3. The summed E-state index contributed by atoms with van der Waals surface area (Å²) in [6.45, 7) is 2.05. The van der Waals surface area contributed by atoms with E-state index >= 15 is 0 Å². The van der Waals surface area contributed by atoms with E-state index in [0.29, 0.717) is 10.9 Å². The van der Waals surface area contributed by atoms with Crippen LogP contribution in [-0.4, -0.2) is 10.8 Å². The monoisotopic (exact) mass is 516 g/mol. The number of rotatable bonds is 3. The molecule has 0 bridgehead atoms. The number of aliphatic imine (C=N–C) groups is 1. The van der Waals surface area contributed by atoms with E-state index in [1.54, 1.807) is 18.2 Å². The quantitative estimate of drug-likeness (QED) is 0.411. The standard InChI is InChI=1S/C23H19Br2FN2O/c1-13-2-4-14(5-3-13)20-12-21(17-11-16(24)7-9-22(17)29)28-23(27-20)15-6-8-19(26)18(25)10-15/h2-11,21,23,28-29H,12H2,1H3/t21-,23+/m0/s1. The molecule has 0 fully saturated rings. The summed E-state index contributed by atoms with van der Waals surface area (Å²) < 4.78 is 15.0. The predicted octanol–water partition coefficient (Wildman–Crippen LogP) is 6.59. The fraction of sp³-hybridized carbons (Fsp3) is 0.174. The van der Waals surface area contributed by atoms with Gasteiger partial charge in [0.15, 0.2) is 0 Å². The van der Waals surface area contributed by atoms with Crippen LogP contribution in [0, 0.1) is 12.7 Å². The molecule has 148 valence electrons. The second kappa shape index (κ2) is 8.38. The lowest BCUT2D eigenvalue weighted by atomic mass is 9.93. The maximum absolute atomic E-state index is 13.7. The van der Waals surface area contributed by atoms with Gasteiger partial charge in [0.1, 0.15) is 17.7 Å². The van der Waals surface area contributed by atoms with Gasteiger partial charge in [-0.15, -0.1) is 0 Å². The number of hydrogen-bond donors (Lipinski definition) is 2. The zero-order valence-corrected chi connectivity index (χ0v) is 18.8. The largest absolute Gasteiger partial charge is 0.508 e. The zero-order valence-electron chi connectivity index (χ0n) is 15.7. The van der Waals surface area contributed by atoms with Crippen LogP contribution in [0.3, 0.4) is 0 Å². The van der Waals surface area contributed by atoms with Gasteiger partial charge in [0.25, 0.3) is 0 Å². The van der Waals surface area contributed by atoms with Crippen LogP contribution in [0.25, 0.3) is 0 Å². The maximum atomic E-state index is 13.7. The highest BCUT2D eigenvalue weighted by molar-refractivity contribution is 9.10. The smallest absolute Gasteiger partial charge is 0.137 e. The maximum Gasteiger partial charge on any atom is 0.137 e. The molecule has 1 aliphatic heterocycles. The van der Waals surface area contributed by atoms with E-state index in [4.69, 9.17) is 4.99 Å². The van der Waals surface area contributed by atoms with Crippen LogP contribution in [0.15, 0.2) is 74.6 Å². The molecular formula is C23H19Br2FN2O. The number of halogens is 3. The highest BCUT2D eigenvalue weighted by Crippen LogP contribution is 2.36. The number of hydrogen-bond acceptors (Lipinski definition) is 3. The Kier molecular flexibility index (Phi) is 5.86. The van der Waals surface area contributed by atoms with Gasteiger partial charge in [-0.25, -0.2) is 4.39 Å². The summed E-state index contributed by atoms with van der Waals surface area (Å²) >= 11 is 6.76. The van der Waals surface area contributed by atoms with E-state index in [9.17, 15) is 9.50 Å². The molecular weight excluding hydrogens is 499 g/mol. The summed E-state index contributed by atoms with van der Waals surface area (Å²) in [5.41, 5.74) is 4.82. The number of nitrogens with one attached hydrogen (secondary N) is 1. The molecule has 4 rings (SSSR count). The third kappa shape index (κ3) is 4.44. The molecule has 2 atom stereocenters. The van der Waals surface area contributed by atoms with Crippen molar-refractivity contribution in [1.29, 1.82) is 0 Å². The minimum atomic E-state index is -0.361. The van der Waals surface area contributed by atoms with Gasteiger partial charge in [-0.05, 0) is 64.3 Å². The Balaban J connectivity index is 1.78. The lowest BCUT2D eigenvalue weighted by Gasteiger charge is -2.31. The molecule has 1 aliphatic rings. The summed E-state index contributed by atoms with van der Waals surface area (Å²) in [4.78, 5) is 4.92. The lowest BCUT2D eigenvalue weighted by molar-refractivity contribution is 0.412. The Morgan fingerprint density at radius 2 is 1.79 bits per heavy atom. The van der Waals surface area contributed by atoms with Crippen LogP contribution in [0.2, 0.25) is 0 Å². The van der Waals surface area contributed by atoms with Crippen molar-refractivity contribution in [3.63, 3.8) is 0 Å². The first-order valence-corrected chi connectivity index (χ1v) is 10.8. The van der Waals surface area contributed by atoms with Gasteiger partial charge >= 0.3 is 0 Å². The third-order valence-corrected chi connectivity index (χ3v) is 6.15. The van der Waals surface area contributed by atoms with Gasteiger partial charge in [-0.2, -0.15) is 0 Å². The topological polar surface area (TPSA) is 44.6 Å². The molecule has 29 heavy (non-hydrogen) atoms. The normalized spacial score (nSPS) is 19.1. The van der Waals surface area contributed by atoms with Crippen molar-refractivity contribution in [2.24, 2.45) is 4.99 Å². The van der Waals surface area contributed by atoms with E-state index in [1.807, 2.05) is 12.1 Å². The van der Waals surface area contributed by atoms with E-state index in [1.165, 1.54) is 11.6 Å². The van der Waals surface area contributed by atoms with Gasteiger partial charge in [-0.3, -0.25) is 10.3 Å². The molecule has 0 spiro atoms. The Morgan fingerprint density at radius 1 is 1.03 bits per heavy atom. The van der Waals surface area contributed by atoms with E-state index in [0.717, 1.165) is 26.9 Å². The molecule has 1 heterocycles. The summed E-state index contributed by atoms with van der Waals surface area (Å²) in [7, 11) is 0. The molecule has 0 saturated carbocycles. The number of aromatic hydroxyl groups is 1. The fourth-order valence-electron chi connectivity index (χ4n) is 3.48. The average molecular weight is 518 g/mol. The SMILES string of the molecule is Cc1ccc(C2=N[C@@H](c3ccc(F)c(Br)c3)N[C@H](c3cc(Br)ccc3O)C2)cc1. The Hall–Kier alpha value is -2.02. The minimum absolute atomic E-state index is 0.143. The van der Waals surface area contributed by atoms with Crippen LogP contribution in [0.5, 0.6) is 5.75 Å². The second-order valence-corrected chi connectivity index (χ2v) is 8.91. The first-order chi connectivity index (χ1) is 13.9. The van der Waals surface area contributed by atoms with Crippen LogP contribution >= 0.6 is 31.9 Å². The molecule has 0 unspecified atom stereocenters. The predicted molar refractivity (Wildman–Crippen MR) is 121 cm³/mol. The van der Waals surface area contributed by atoms with Crippen LogP contribution in [-0.2, 0) is 0 Å². The summed E-state index contributed by atoms with van der Waals surface area (Å²) in [5.74, 6) is -0.0802. The van der Waals surface area contributed by atoms with E-state index in [2.05, 4.69) is 68.4 Å². The third-order valence-electron chi connectivity index (χ3n) is 5.05. The van der Waals surface area contributed by atoms with Gasteiger partial charge in [0.2, 0.25) is 0 Å². The van der Waals surface area contributed by atoms with Crippen molar-refractivity contribution in [1.82, 2.24) is 5.32 Å². The van der Waals surface area contributed by atoms with Crippen molar-refractivity contribution < 1.29 is 9.50 Å². The highest BCUT2D eigenvalue weighted by atomic mass is 79.9. The highest BCUT2D eigenvalue weighted by Gasteiger charge is 2.28. The number of phenolic OH excluding ortho intramolecular Hbond substituents is 1. The minimum Gasteiger partial charge on any atom is -0.508 e. The molecule has 6 heteroatoms. The number of nitrogens with zero attached hydrogens (tertiary/aromatic N) is 1. The van der Waals surface area contributed by atoms with Gasteiger partial charge in [0, 0.05) is 28.2 Å². The van der Waals surface area contributed by atoms with Crippen molar-refractivity contribution in [3.8, 4) is 5.75 Å².